The van der Waals surface area contributed by atoms with Crippen LogP contribution in [-0.2, 0) is 6.42 Å². The second kappa shape index (κ2) is 6.76. The van der Waals surface area contributed by atoms with E-state index in [1.165, 1.54) is 0 Å². The number of benzene rings is 2. The molecule has 0 bridgehead atoms. The summed E-state index contributed by atoms with van der Waals surface area (Å²) in [4.78, 5) is 12.6. The summed E-state index contributed by atoms with van der Waals surface area (Å²) in [6.45, 7) is 0.658. The fourth-order valence-electron chi connectivity index (χ4n) is 3.76. The highest BCUT2D eigenvalue weighted by Gasteiger charge is 2.32. The van der Waals surface area contributed by atoms with Gasteiger partial charge in [0, 0.05) is 12.0 Å². The van der Waals surface area contributed by atoms with Crippen molar-refractivity contribution in [2.75, 3.05) is 6.61 Å². The minimum absolute atomic E-state index is 0.0903. The summed E-state index contributed by atoms with van der Waals surface area (Å²) in [5.41, 5.74) is 3.09. The van der Waals surface area contributed by atoms with Crippen LogP contribution >= 0.6 is 0 Å². The average molecular weight is 338 g/mol. The van der Waals surface area contributed by atoms with Crippen molar-refractivity contribution in [3.8, 4) is 5.75 Å². The molecule has 1 aliphatic carbocycles. The third kappa shape index (κ3) is 3.20. The molecule has 2 aromatic rings. The molecule has 4 rings (SSSR count). The Balaban J connectivity index is 1.48. The zero-order valence-corrected chi connectivity index (χ0v) is 13.9. The molecule has 2 aliphatic rings. The number of fused-ring (bicyclic) bond motifs is 2. The van der Waals surface area contributed by atoms with E-state index in [4.69, 9.17) is 4.74 Å². The number of carbonyl (C=O) groups excluding carboxylic acids is 1. The van der Waals surface area contributed by atoms with E-state index in [1.807, 2.05) is 48.5 Å². The maximum Gasteiger partial charge on any atom is 0.315 e. The Bertz CT molecular complexity index is 777. The molecule has 0 aromatic heterocycles. The lowest BCUT2D eigenvalue weighted by molar-refractivity contribution is 0.141. The SMILES string of the molecule is O=C(NC1CCCOc2ccccc21)N[C@@H]1c2ccccc2C[C@@H]1O. The summed E-state index contributed by atoms with van der Waals surface area (Å²) >= 11 is 0. The predicted octanol–water partition coefficient (Wildman–Crippen LogP) is 2.86. The minimum atomic E-state index is -0.590. The number of aliphatic hydroxyl groups is 1. The quantitative estimate of drug-likeness (QED) is 0.788. The highest BCUT2D eigenvalue weighted by molar-refractivity contribution is 5.75. The molecule has 2 amide bonds. The first-order chi connectivity index (χ1) is 12.2. The second-order valence-corrected chi connectivity index (χ2v) is 6.65. The van der Waals surface area contributed by atoms with Gasteiger partial charge in [-0.3, -0.25) is 0 Å². The Morgan fingerprint density at radius 1 is 1.04 bits per heavy atom. The number of amides is 2. The number of para-hydroxylation sites is 1. The number of ether oxygens (including phenoxy) is 1. The molecule has 130 valence electrons. The maximum absolute atomic E-state index is 12.6. The topological polar surface area (TPSA) is 70.6 Å². The van der Waals surface area contributed by atoms with Crippen molar-refractivity contribution < 1.29 is 14.6 Å². The summed E-state index contributed by atoms with van der Waals surface area (Å²) in [5.74, 6) is 0.830. The fraction of sp³-hybridized carbons (Fsp3) is 0.350. The molecular formula is C20H22N2O3. The molecule has 3 atom stereocenters. The van der Waals surface area contributed by atoms with E-state index in [0.717, 1.165) is 35.3 Å². The van der Waals surface area contributed by atoms with Gasteiger partial charge in [-0.2, -0.15) is 0 Å². The molecule has 0 saturated heterocycles. The Morgan fingerprint density at radius 3 is 2.68 bits per heavy atom. The molecule has 0 spiro atoms. The first-order valence-corrected chi connectivity index (χ1v) is 8.77. The van der Waals surface area contributed by atoms with Gasteiger partial charge in [0.05, 0.1) is 24.8 Å². The van der Waals surface area contributed by atoms with Crippen LogP contribution in [0.15, 0.2) is 48.5 Å². The Hall–Kier alpha value is -2.53. The van der Waals surface area contributed by atoms with Crippen LogP contribution in [-0.4, -0.2) is 23.8 Å². The molecule has 0 saturated carbocycles. The van der Waals surface area contributed by atoms with E-state index in [0.29, 0.717) is 13.0 Å². The predicted molar refractivity (Wildman–Crippen MR) is 94.5 cm³/mol. The average Bonchev–Trinajstić information content (AvgIpc) is 2.80. The number of carbonyl (C=O) groups is 1. The Morgan fingerprint density at radius 2 is 1.80 bits per heavy atom. The summed E-state index contributed by atoms with van der Waals surface area (Å²) in [5, 5.41) is 16.3. The Labute approximate surface area is 147 Å². The van der Waals surface area contributed by atoms with Crippen molar-refractivity contribution in [2.24, 2.45) is 0 Å². The molecular weight excluding hydrogens is 316 g/mol. The van der Waals surface area contributed by atoms with Crippen molar-refractivity contribution >= 4 is 6.03 Å². The highest BCUT2D eigenvalue weighted by atomic mass is 16.5. The molecule has 3 N–H and O–H groups in total. The lowest BCUT2D eigenvalue weighted by Gasteiger charge is -2.22. The van der Waals surface area contributed by atoms with Gasteiger partial charge >= 0.3 is 6.03 Å². The van der Waals surface area contributed by atoms with Crippen molar-refractivity contribution in [1.82, 2.24) is 10.6 Å². The molecule has 25 heavy (non-hydrogen) atoms. The minimum Gasteiger partial charge on any atom is -0.493 e. The zero-order valence-electron chi connectivity index (χ0n) is 13.9. The second-order valence-electron chi connectivity index (χ2n) is 6.65. The standard InChI is InChI=1S/C20H22N2O3/c23-17-12-13-6-1-2-7-14(13)19(17)22-20(24)21-16-9-5-11-25-18-10-4-3-8-15(16)18/h1-4,6-8,10,16-17,19,23H,5,9,11-12H2,(H2,21,22,24)/t16?,17-,19+/m0/s1. The lowest BCUT2D eigenvalue weighted by atomic mass is 10.0. The summed E-state index contributed by atoms with van der Waals surface area (Å²) in [7, 11) is 0. The van der Waals surface area contributed by atoms with Crippen molar-refractivity contribution in [1.29, 1.82) is 0 Å². The van der Waals surface area contributed by atoms with Gasteiger partial charge < -0.3 is 20.5 Å². The van der Waals surface area contributed by atoms with Crippen molar-refractivity contribution in [3.05, 3.63) is 65.2 Å². The van der Waals surface area contributed by atoms with E-state index in [9.17, 15) is 9.90 Å². The number of rotatable bonds is 2. The summed E-state index contributed by atoms with van der Waals surface area (Å²) in [6.07, 6.45) is 1.69. The zero-order chi connectivity index (χ0) is 17.2. The maximum atomic E-state index is 12.6. The first-order valence-electron chi connectivity index (χ1n) is 8.77. The van der Waals surface area contributed by atoms with Crippen LogP contribution in [0.25, 0.3) is 0 Å². The van der Waals surface area contributed by atoms with E-state index in [1.54, 1.807) is 0 Å². The molecule has 0 radical (unpaired) electrons. The van der Waals surface area contributed by atoms with Gasteiger partial charge in [-0.05, 0) is 30.0 Å². The number of hydrogen-bond acceptors (Lipinski definition) is 3. The molecule has 1 heterocycles. The molecule has 1 unspecified atom stereocenters. The van der Waals surface area contributed by atoms with Gasteiger partial charge in [-0.25, -0.2) is 4.79 Å². The molecule has 5 nitrogen and oxygen atoms in total. The number of nitrogens with one attached hydrogen (secondary N) is 2. The van der Waals surface area contributed by atoms with Gasteiger partial charge in [0.15, 0.2) is 0 Å². The normalized spacial score (nSPS) is 24.4. The lowest BCUT2D eigenvalue weighted by Crippen LogP contribution is -2.42. The molecule has 5 heteroatoms. The van der Waals surface area contributed by atoms with Crippen LogP contribution in [0.4, 0.5) is 4.79 Å². The number of hydrogen-bond donors (Lipinski definition) is 3. The van der Waals surface area contributed by atoms with Gasteiger partial charge in [0.25, 0.3) is 0 Å². The van der Waals surface area contributed by atoms with Crippen LogP contribution in [0, 0.1) is 0 Å². The van der Waals surface area contributed by atoms with Crippen LogP contribution < -0.4 is 15.4 Å². The monoisotopic (exact) mass is 338 g/mol. The van der Waals surface area contributed by atoms with Crippen molar-refractivity contribution in [2.45, 2.75) is 37.5 Å². The molecule has 1 aliphatic heterocycles. The van der Waals surface area contributed by atoms with Gasteiger partial charge in [0.1, 0.15) is 5.75 Å². The molecule has 2 aromatic carbocycles. The first kappa shape index (κ1) is 16.0. The third-order valence-corrected chi connectivity index (χ3v) is 4.99. The van der Waals surface area contributed by atoms with Crippen LogP contribution in [0.5, 0.6) is 5.75 Å². The van der Waals surface area contributed by atoms with Gasteiger partial charge in [-0.15, -0.1) is 0 Å². The number of aliphatic hydroxyl groups excluding tert-OH is 1. The van der Waals surface area contributed by atoms with Crippen molar-refractivity contribution in [3.63, 3.8) is 0 Å². The molecule has 0 fully saturated rings. The van der Waals surface area contributed by atoms with E-state index >= 15 is 0 Å². The summed E-state index contributed by atoms with van der Waals surface area (Å²) < 4.78 is 5.75. The fourth-order valence-corrected chi connectivity index (χ4v) is 3.76. The van der Waals surface area contributed by atoms with Gasteiger partial charge in [-0.1, -0.05) is 42.5 Å². The Kier molecular flexibility index (Phi) is 4.32. The van der Waals surface area contributed by atoms with Crippen LogP contribution in [0.2, 0.25) is 0 Å². The largest absolute Gasteiger partial charge is 0.493 e. The smallest absolute Gasteiger partial charge is 0.315 e. The van der Waals surface area contributed by atoms with E-state index in [-0.39, 0.29) is 18.1 Å². The van der Waals surface area contributed by atoms with Crippen LogP contribution in [0.1, 0.15) is 41.6 Å². The van der Waals surface area contributed by atoms with E-state index < -0.39 is 6.10 Å². The van der Waals surface area contributed by atoms with Crippen LogP contribution in [0.3, 0.4) is 0 Å². The van der Waals surface area contributed by atoms with Gasteiger partial charge in [0.2, 0.25) is 0 Å². The highest BCUT2D eigenvalue weighted by Crippen LogP contribution is 2.33. The number of urea groups is 1. The van der Waals surface area contributed by atoms with E-state index in [2.05, 4.69) is 10.6 Å². The third-order valence-electron chi connectivity index (χ3n) is 4.99. The summed E-state index contributed by atoms with van der Waals surface area (Å²) in [6, 6.07) is 14.9.